The normalized spacial score (nSPS) is 11.8. The third-order valence-electron chi connectivity index (χ3n) is 5.21. The summed E-state index contributed by atoms with van der Waals surface area (Å²) >= 11 is 0. The van der Waals surface area contributed by atoms with Crippen molar-refractivity contribution in [3.8, 4) is 17.2 Å². The maximum atomic E-state index is 12.6. The number of rotatable bonds is 11. The van der Waals surface area contributed by atoms with Crippen molar-refractivity contribution in [3.63, 3.8) is 0 Å². The third kappa shape index (κ3) is 7.26. The molecule has 0 saturated carbocycles. The zero-order valence-corrected chi connectivity index (χ0v) is 19.4. The predicted molar refractivity (Wildman–Crippen MR) is 128 cm³/mol. The first-order valence-electron chi connectivity index (χ1n) is 10.9. The van der Waals surface area contributed by atoms with Crippen LogP contribution in [0.5, 0.6) is 17.2 Å². The number of carbonyl (C=O) groups excluding carboxylic acids is 1. The smallest absolute Gasteiger partial charge is 0.342 e. The number of aromatic hydroxyl groups is 1. The molecule has 3 aromatic carbocycles. The van der Waals surface area contributed by atoms with Crippen LogP contribution in [-0.2, 0) is 17.6 Å². The molecule has 0 radical (unpaired) electrons. The van der Waals surface area contributed by atoms with E-state index >= 15 is 0 Å². The van der Waals surface area contributed by atoms with Gasteiger partial charge in [0.15, 0.2) is 0 Å². The molecule has 0 heterocycles. The quantitative estimate of drug-likeness (QED) is 0.439. The summed E-state index contributed by atoms with van der Waals surface area (Å²) in [6.45, 7) is 0.699. The lowest BCUT2D eigenvalue weighted by Gasteiger charge is -2.22. The number of hydrogen-bond donors (Lipinski definition) is 1. The number of methoxy groups -OCH3 is 1. The first kappa shape index (κ1) is 24.1. The van der Waals surface area contributed by atoms with Crippen molar-refractivity contribution in [2.45, 2.75) is 18.9 Å². The van der Waals surface area contributed by atoms with Crippen LogP contribution in [0, 0.1) is 0 Å². The Morgan fingerprint density at radius 3 is 2.33 bits per heavy atom. The van der Waals surface area contributed by atoms with Gasteiger partial charge in [-0.3, -0.25) is 0 Å². The predicted octanol–water partition coefficient (Wildman–Crippen LogP) is 4.35. The van der Waals surface area contributed by atoms with E-state index in [2.05, 4.69) is 12.1 Å². The minimum absolute atomic E-state index is 0.101. The van der Waals surface area contributed by atoms with Gasteiger partial charge in [0.1, 0.15) is 35.5 Å². The molecular formula is C27H31NO5. The number of benzene rings is 3. The van der Waals surface area contributed by atoms with Gasteiger partial charge in [-0.2, -0.15) is 0 Å². The van der Waals surface area contributed by atoms with Crippen molar-refractivity contribution in [1.82, 2.24) is 4.90 Å². The largest absolute Gasteiger partial charge is 0.507 e. The summed E-state index contributed by atoms with van der Waals surface area (Å²) in [6, 6.07) is 22.3. The van der Waals surface area contributed by atoms with Crippen molar-refractivity contribution in [2.75, 3.05) is 34.4 Å². The second-order valence-corrected chi connectivity index (χ2v) is 8.07. The van der Waals surface area contributed by atoms with E-state index in [1.165, 1.54) is 11.6 Å². The van der Waals surface area contributed by atoms with E-state index in [0.29, 0.717) is 6.54 Å². The molecule has 6 nitrogen and oxygen atoms in total. The lowest BCUT2D eigenvalue weighted by Crippen LogP contribution is -2.35. The standard InChI is InChI=1S/C27H31NO5/c1-28(2)18-23(33-27(30)24-9-5-6-10-25(24)29)19-32-26-11-7-4-8-21(26)15-12-20-13-16-22(31-3)17-14-20/h4-11,13-14,16-17,23,29H,12,15,18-19H2,1-3H3/t23-/m0/s1. The Labute approximate surface area is 195 Å². The van der Waals surface area contributed by atoms with Crippen LogP contribution in [0.15, 0.2) is 72.8 Å². The summed E-state index contributed by atoms with van der Waals surface area (Å²) in [5.74, 6) is 0.938. The summed E-state index contributed by atoms with van der Waals surface area (Å²) in [5.41, 5.74) is 2.44. The van der Waals surface area contributed by atoms with Crippen LogP contribution in [0.4, 0.5) is 0 Å². The number of para-hydroxylation sites is 2. The molecule has 1 N–H and O–H groups in total. The number of aryl methyl sites for hydroxylation is 2. The lowest BCUT2D eigenvalue weighted by atomic mass is 10.0. The SMILES string of the molecule is COc1ccc(CCc2ccccc2OC[C@H](CN(C)C)OC(=O)c2ccccc2O)cc1. The molecule has 0 unspecified atom stereocenters. The van der Waals surface area contributed by atoms with E-state index in [1.807, 2.05) is 55.4 Å². The monoisotopic (exact) mass is 449 g/mol. The van der Waals surface area contributed by atoms with Gasteiger partial charge in [-0.05, 0) is 68.4 Å². The second-order valence-electron chi connectivity index (χ2n) is 8.07. The zero-order valence-electron chi connectivity index (χ0n) is 19.4. The molecule has 0 aromatic heterocycles. The number of esters is 1. The fourth-order valence-electron chi connectivity index (χ4n) is 3.50. The van der Waals surface area contributed by atoms with Gasteiger partial charge in [-0.1, -0.05) is 42.5 Å². The highest BCUT2D eigenvalue weighted by Gasteiger charge is 2.20. The van der Waals surface area contributed by atoms with Gasteiger partial charge < -0.3 is 24.2 Å². The third-order valence-corrected chi connectivity index (χ3v) is 5.21. The Morgan fingerprint density at radius 1 is 0.939 bits per heavy atom. The maximum Gasteiger partial charge on any atom is 0.342 e. The molecule has 174 valence electrons. The topological polar surface area (TPSA) is 68.2 Å². The highest BCUT2D eigenvalue weighted by Crippen LogP contribution is 2.22. The first-order chi connectivity index (χ1) is 16.0. The van der Waals surface area contributed by atoms with E-state index < -0.39 is 12.1 Å². The molecule has 6 heteroatoms. The van der Waals surface area contributed by atoms with Crippen molar-refractivity contribution in [2.24, 2.45) is 0 Å². The molecule has 0 bridgehead atoms. The van der Waals surface area contributed by atoms with Gasteiger partial charge in [0.25, 0.3) is 0 Å². The molecule has 0 saturated heterocycles. The fraction of sp³-hybridized carbons (Fsp3) is 0.296. The van der Waals surface area contributed by atoms with Gasteiger partial charge in [-0.25, -0.2) is 4.79 Å². The Kier molecular flexibility index (Phi) is 8.72. The Morgan fingerprint density at radius 2 is 1.64 bits per heavy atom. The maximum absolute atomic E-state index is 12.6. The Hall–Kier alpha value is -3.51. The van der Waals surface area contributed by atoms with Crippen molar-refractivity contribution < 1.29 is 24.1 Å². The van der Waals surface area contributed by atoms with Crippen LogP contribution in [0.25, 0.3) is 0 Å². The molecule has 0 spiro atoms. The number of hydrogen-bond acceptors (Lipinski definition) is 6. The van der Waals surface area contributed by atoms with Crippen molar-refractivity contribution in [3.05, 3.63) is 89.5 Å². The van der Waals surface area contributed by atoms with Gasteiger partial charge >= 0.3 is 5.97 Å². The fourth-order valence-corrected chi connectivity index (χ4v) is 3.50. The molecule has 33 heavy (non-hydrogen) atoms. The number of carbonyl (C=O) groups is 1. The number of phenolic OH excluding ortho intramolecular Hbond substituents is 1. The van der Waals surface area contributed by atoms with Crippen LogP contribution in [0.2, 0.25) is 0 Å². The molecular weight excluding hydrogens is 418 g/mol. The summed E-state index contributed by atoms with van der Waals surface area (Å²) < 4.78 is 17.0. The number of ether oxygens (including phenoxy) is 3. The molecule has 0 aliphatic heterocycles. The number of likely N-dealkylation sites (N-methyl/N-ethyl adjacent to an activating group) is 1. The van der Waals surface area contributed by atoms with Crippen LogP contribution >= 0.6 is 0 Å². The molecule has 3 rings (SSSR count). The second kappa shape index (κ2) is 11.9. The van der Waals surface area contributed by atoms with E-state index in [-0.39, 0.29) is 17.9 Å². The molecule has 3 aromatic rings. The molecule has 0 amide bonds. The Balaban J connectivity index is 1.64. The van der Waals surface area contributed by atoms with Crippen LogP contribution in [0.1, 0.15) is 21.5 Å². The van der Waals surface area contributed by atoms with Gasteiger partial charge in [0.2, 0.25) is 0 Å². The molecule has 0 aliphatic rings. The summed E-state index contributed by atoms with van der Waals surface area (Å²) in [5, 5.41) is 9.95. The minimum Gasteiger partial charge on any atom is -0.507 e. The van der Waals surface area contributed by atoms with Gasteiger partial charge in [0.05, 0.1) is 7.11 Å². The minimum atomic E-state index is -0.573. The average molecular weight is 450 g/mol. The van der Waals surface area contributed by atoms with Crippen LogP contribution < -0.4 is 9.47 Å². The average Bonchev–Trinajstić information content (AvgIpc) is 2.82. The van der Waals surface area contributed by atoms with E-state index in [0.717, 1.165) is 29.9 Å². The van der Waals surface area contributed by atoms with E-state index in [1.54, 1.807) is 25.3 Å². The summed E-state index contributed by atoms with van der Waals surface area (Å²) in [4.78, 5) is 14.5. The summed E-state index contributed by atoms with van der Waals surface area (Å²) in [6.07, 6.45) is 1.19. The van der Waals surface area contributed by atoms with Gasteiger partial charge in [-0.15, -0.1) is 0 Å². The van der Waals surface area contributed by atoms with E-state index in [4.69, 9.17) is 14.2 Å². The number of phenols is 1. The Bertz CT molecular complexity index is 1030. The highest BCUT2D eigenvalue weighted by molar-refractivity contribution is 5.92. The highest BCUT2D eigenvalue weighted by atomic mass is 16.6. The van der Waals surface area contributed by atoms with Gasteiger partial charge in [0, 0.05) is 6.54 Å². The molecule has 0 fully saturated rings. The van der Waals surface area contributed by atoms with Crippen LogP contribution in [-0.4, -0.2) is 56.4 Å². The van der Waals surface area contributed by atoms with Crippen LogP contribution in [0.3, 0.4) is 0 Å². The summed E-state index contributed by atoms with van der Waals surface area (Å²) in [7, 11) is 5.47. The van der Waals surface area contributed by atoms with Crippen molar-refractivity contribution in [1.29, 1.82) is 0 Å². The van der Waals surface area contributed by atoms with Crippen molar-refractivity contribution >= 4 is 5.97 Å². The molecule has 0 aliphatic carbocycles. The molecule has 1 atom stereocenters. The zero-order chi connectivity index (χ0) is 23.6. The first-order valence-corrected chi connectivity index (χ1v) is 10.9. The number of nitrogens with zero attached hydrogens (tertiary/aromatic N) is 1. The lowest BCUT2D eigenvalue weighted by molar-refractivity contribution is 0.0100. The van der Waals surface area contributed by atoms with E-state index in [9.17, 15) is 9.90 Å².